The third-order valence-corrected chi connectivity index (χ3v) is 6.81. The van der Waals surface area contributed by atoms with E-state index in [0.717, 1.165) is 30.6 Å². The highest BCUT2D eigenvalue weighted by Gasteiger charge is 2.15. The van der Waals surface area contributed by atoms with Gasteiger partial charge in [-0.1, -0.05) is 48.4 Å². The molecule has 0 saturated carbocycles. The van der Waals surface area contributed by atoms with E-state index in [2.05, 4.69) is 29.2 Å². The normalized spacial score (nSPS) is 16.2. The van der Waals surface area contributed by atoms with Crippen LogP contribution in [0.15, 0.2) is 65.6 Å². The van der Waals surface area contributed by atoms with E-state index in [4.69, 9.17) is 16.3 Å². The molecule has 4 nitrogen and oxygen atoms in total. The third-order valence-electron chi connectivity index (χ3n) is 6.55. The van der Waals surface area contributed by atoms with E-state index in [9.17, 15) is 4.79 Å². The summed E-state index contributed by atoms with van der Waals surface area (Å²) in [7, 11) is 0. The summed E-state index contributed by atoms with van der Waals surface area (Å²) >= 11 is 5.93. The number of halogens is 1. The molecule has 170 valence electrons. The average molecular weight is 461 g/mol. The topological polar surface area (TPSA) is 34.5 Å². The Hall–Kier alpha value is -2.82. The number of fused-ring (bicyclic) bond motifs is 1. The van der Waals surface area contributed by atoms with Crippen LogP contribution in [0.1, 0.15) is 47.9 Å². The quantitative estimate of drug-likeness (QED) is 0.451. The summed E-state index contributed by atoms with van der Waals surface area (Å²) < 4.78 is 7.54. The Morgan fingerprint density at radius 3 is 2.45 bits per heavy atom. The van der Waals surface area contributed by atoms with Gasteiger partial charge in [0.05, 0.1) is 0 Å². The molecule has 2 aliphatic rings. The van der Waals surface area contributed by atoms with Crippen LogP contribution in [-0.4, -0.2) is 22.6 Å². The molecule has 0 spiro atoms. The number of benzene rings is 2. The van der Waals surface area contributed by atoms with Crippen molar-refractivity contribution in [1.29, 1.82) is 0 Å². The monoisotopic (exact) mass is 460 g/mol. The molecule has 0 unspecified atom stereocenters. The van der Waals surface area contributed by atoms with Gasteiger partial charge in [0, 0.05) is 29.5 Å². The van der Waals surface area contributed by atoms with Crippen LogP contribution in [0, 0.1) is 0 Å². The number of aromatic nitrogens is 1. The minimum absolute atomic E-state index is 0.0694. The molecule has 2 aromatic carbocycles. The van der Waals surface area contributed by atoms with Crippen molar-refractivity contribution in [1.82, 2.24) is 9.47 Å². The van der Waals surface area contributed by atoms with Crippen molar-refractivity contribution in [3.63, 3.8) is 0 Å². The first-order valence-corrected chi connectivity index (χ1v) is 12.2. The van der Waals surface area contributed by atoms with Crippen LogP contribution in [0.5, 0.6) is 5.75 Å². The Morgan fingerprint density at radius 1 is 0.879 bits per heavy atom. The van der Waals surface area contributed by atoms with Crippen molar-refractivity contribution in [2.75, 3.05) is 13.1 Å². The predicted molar refractivity (Wildman–Crippen MR) is 135 cm³/mol. The Kier molecular flexibility index (Phi) is 6.65. The Labute approximate surface area is 200 Å². The second-order valence-corrected chi connectivity index (χ2v) is 9.43. The minimum Gasteiger partial charge on any atom is -0.489 e. The number of aryl methyl sites for hydroxylation is 1. The SMILES string of the molecule is O=c1cc(OCc2ccc(Cl)cc2)ccn1C1=Cc2ccc(CN3CCCCC3)cc2CC1. The minimum atomic E-state index is -0.0694. The number of ether oxygens (including phenoxy) is 1. The summed E-state index contributed by atoms with van der Waals surface area (Å²) in [5, 5.41) is 0.696. The van der Waals surface area contributed by atoms with Gasteiger partial charge in [0.25, 0.3) is 5.56 Å². The van der Waals surface area contributed by atoms with Crippen molar-refractivity contribution < 1.29 is 4.74 Å². The summed E-state index contributed by atoms with van der Waals surface area (Å²) in [4.78, 5) is 15.4. The number of piperidine rings is 1. The highest BCUT2D eigenvalue weighted by Crippen LogP contribution is 2.28. The second-order valence-electron chi connectivity index (χ2n) is 8.99. The maximum absolute atomic E-state index is 12.8. The third kappa shape index (κ3) is 5.40. The zero-order chi connectivity index (χ0) is 22.6. The molecule has 0 amide bonds. The fourth-order valence-electron chi connectivity index (χ4n) is 4.73. The van der Waals surface area contributed by atoms with E-state index in [1.165, 1.54) is 49.0 Å². The molecule has 5 rings (SSSR count). The van der Waals surface area contributed by atoms with Gasteiger partial charge in [-0.3, -0.25) is 14.3 Å². The molecular formula is C28H29ClN2O2. The van der Waals surface area contributed by atoms with Gasteiger partial charge in [-0.2, -0.15) is 0 Å². The zero-order valence-electron chi connectivity index (χ0n) is 18.8. The molecule has 0 atom stereocenters. The van der Waals surface area contributed by atoms with Crippen molar-refractivity contribution in [3.8, 4) is 5.75 Å². The summed E-state index contributed by atoms with van der Waals surface area (Å²) in [6.45, 7) is 3.87. The lowest BCUT2D eigenvalue weighted by atomic mass is 9.93. The van der Waals surface area contributed by atoms with Crippen molar-refractivity contribution in [3.05, 3.63) is 98.4 Å². The fourth-order valence-corrected chi connectivity index (χ4v) is 4.86. The van der Waals surface area contributed by atoms with Gasteiger partial charge in [-0.15, -0.1) is 0 Å². The van der Waals surface area contributed by atoms with E-state index < -0.39 is 0 Å². The largest absolute Gasteiger partial charge is 0.489 e. The van der Waals surface area contributed by atoms with Crippen LogP contribution in [0.4, 0.5) is 0 Å². The molecule has 33 heavy (non-hydrogen) atoms. The molecule has 1 aromatic heterocycles. The highest BCUT2D eigenvalue weighted by molar-refractivity contribution is 6.30. The van der Waals surface area contributed by atoms with Gasteiger partial charge in [-0.05, 0) is 85.3 Å². The number of pyridine rings is 1. The van der Waals surface area contributed by atoms with Crippen LogP contribution in [0.25, 0.3) is 11.8 Å². The molecule has 0 radical (unpaired) electrons. The van der Waals surface area contributed by atoms with Crippen LogP contribution < -0.4 is 10.3 Å². The zero-order valence-corrected chi connectivity index (χ0v) is 19.6. The van der Waals surface area contributed by atoms with E-state index in [-0.39, 0.29) is 5.56 Å². The maximum Gasteiger partial charge on any atom is 0.258 e. The molecule has 2 heterocycles. The van der Waals surface area contributed by atoms with Gasteiger partial charge in [0.1, 0.15) is 12.4 Å². The maximum atomic E-state index is 12.8. The molecule has 3 aromatic rings. The van der Waals surface area contributed by atoms with E-state index in [0.29, 0.717) is 17.4 Å². The molecule has 0 N–H and O–H groups in total. The van der Waals surface area contributed by atoms with Crippen LogP contribution in [0.3, 0.4) is 0 Å². The number of allylic oxidation sites excluding steroid dienone is 1. The Morgan fingerprint density at radius 2 is 1.67 bits per heavy atom. The summed E-state index contributed by atoms with van der Waals surface area (Å²) in [5.41, 5.74) is 5.96. The molecule has 1 aliphatic carbocycles. The van der Waals surface area contributed by atoms with E-state index in [1.54, 1.807) is 10.6 Å². The van der Waals surface area contributed by atoms with E-state index in [1.807, 2.05) is 36.5 Å². The molecule has 1 fully saturated rings. The number of nitrogens with zero attached hydrogens (tertiary/aromatic N) is 2. The van der Waals surface area contributed by atoms with Gasteiger partial charge < -0.3 is 4.74 Å². The number of likely N-dealkylation sites (tertiary alicyclic amines) is 1. The highest BCUT2D eigenvalue weighted by atomic mass is 35.5. The summed E-state index contributed by atoms with van der Waals surface area (Å²) in [5.74, 6) is 0.574. The van der Waals surface area contributed by atoms with Gasteiger partial charge >= 0.3 is 0 Å². The first-order chi connectivity index (χ1) is 16.1. The summed E-state index contributed by atoms with van der Waals surface area (Å²) in [6, 6.07) is 17.7. The first-order valence-electron chi connectivity index (χ1n) is 11.8. The lowest BCUT2D eigenvalue weighted by Crippen LogP contribution is -2.29. The molecule has 1 aliphatic heterocycles. The Balaban J connectivity index is 1.27. The van der Waals surface area contributed by atoms with Gasteiger partial charge in [0.2, 0.25) is 0 Å². The standard InChI is InChI=1S/C28H29ClN2O2/c29-25-9-5-21(6-10-25)20-33-27-12-15-31(28(32)18-27)26-11-8-23-16-22(4-7-24(23)17-26)19-30-13-2-1-3-14-30/h4-7,9-10,12,15-18H,1-3,8,11,13-14,19-20H2. The lowest BCUT2D eigenvalue weighted by molar-refractivity contribution is 0.221. The number of hydrogen-bond acceptors (Lipinski definition) is 3. The van der Waals surface area contributed by atoms with E-state index >= 15 is 0 Å². The second kappa shape index (κ2) is 9.98. The molecular weight excluding hydrogens is 432 g/mol. The lowest BCUT2D eigenvalue weighted by Gasteiger charge is -2.27. The van der Waals surface area contributed by atoms with Crippen molar-refractivity contribution in [2.24, 2.45) is 0 Å². The number of hydrogen-bond donors (Lipinski definition) is 0. The first kappa shape index (κ1) is 22.0. The van der Waals surface area contributed by atoms with Crippen molar-refractivity contribution >= 4 is 23.4 Å². The fraction of sp³-hybridized carbons (Fsp3) is 0.321. The van der Waals surface area contributed by atoms with Crippen molar-refractivity contribution in [2.45, 2.75) is 45.3 Å². The molecule has 5 heteroatoms. The van der Waals surface area contributed by atoms with Gasteiger partial charge in [0.15, 0.2) is 0 Å². The predicted octanol–water partition coefficient (Wildman–Crippen LogP) is 6.01. The summed E-state index contributed by atoms with van der Waals surface area (Å²) in [6.07, 6.45) is 9.78. The van der Waals surface area contributed by atoms with Crippen LogP contribution in [0.2, 0.25) is 5.02 Å². The van der Waals surface area contributed by atoms with Gasteiger partial charge in [-0.25, -0.2) is 0 Å². The van der Waals surface area contributed by atoms with Crippen LogP contribution >= 0.6 is 11.6 Å². The number of rotatable bonds is 6. The Bertz CT molecular complexity index is 1210. The van der Waals surface area contributed by atoms with Crippen LogP contribution in [-0.2, 0) is 19.6 Å². The average Bonchev–Trinajstić information content (AvgIpc) is 2.84. The molecule has 1 saturated heterocycles. The smallest absolute Gasteiger partial charge is 0.258 e. The molecule has 0 bridgehead atoms.